The van der Waals surface area contributed by atoms with E-state index in [0.29, 0.717) is 31.6 Å². The number of aromatic amines is 2. The molecule has 6 N–H and O–H groups in total. The number of aliphatic hydroxyl groups is 1. The van der Waals surface area contributed by atoms with Gasteiger partial charge in [-0.3, -0.25) is 9.69 Å². The minimum Gasteiger partial charge on any atom is -0.396 e. The molecule has 1 atom stereocenters. The summed E-state index contributed by atoms with van der Waals surface area (Å²) in [5.74, 6) is 1.49. The smallest absolute Gasteiger partial charge is 0.255 e. The molecule has 40 heavy (non-hydrogen) atoms. The van der Waals surface area contributed by atoms with Crippen LogP contribution in [0.4, 0.5) is 5.69 Å². The van der Waals surface area contributed by atoms with Crippen molar-refractivity contribution in [2.75, 3.05) is 11.9 Å². The van der Waals surface area contributed by atoms with E-state index in [1.807, 2.05) is 36.4 Å². The molecule has 0 aliphatic carbocycles. The van der Waals surface area contributed by atoms with Crippen LogP contribution >= 0.6 is 0 Å². The summed E-state index contributed by atoms with van der Waals surface area (Å²) in [7, 11) is 0. The maximum atomic E-state index is 13.3. The summed E-state index contributed by atoms with van der Waals surface area (Å²) in [6.45, 7) is 6.00. The average molecular weight is 544 g/mol. The van der Waals surface area contributed by atoms with Gasteiger partial charge in [0, 0.05) is 55.7 Å². The van der Waals surface area contributed by atoms with Gasteiger partial charge < -0.3 is 26.1 Å². The minimum atomic E-state index is -0.131. The minimum absolute atomic E-state index is 0.0331. The Morgan fingerprint density at radius 2 is 1.70 bits per heavy atom. The molecule has 0 bridgehead atoms. The molecule has 2 heterocycles. The van der Waals surface area contributed by atoms with Crippen LogP contribution in [0.3, 0.4) is 0 Å². The number of anilines is 1. The topological polar surface area (TPSA) is 136 Å². The van der Waals surface area contributed by atoms with E-state index in [-0.39, 0.29) is 18.6 Å². The molecule has 0 aliphatic heterocycles. The van der Waals surface area contributed by atoms with Crippen molar-refractivity contribution >= 4 is 11.6 Å². The van der Waals surface area contributed by atoms with E-state index in [2.05, 4.69) is 44.0 Å². The number of hydrogen-bond donors (Lipinski definition) is 5. The van der Waals surface area contributed by atoms with Gasteiger partial charge in [0.25, 0.3) is 5.91 Å². The second kappa shape index (κ2) is 14.6. The number of nitrogens with zero attached hydrogens (tertiary/aromatic N) is 3. The Balaban J connectivity index is 1.53. The monoisotopic (exact) mass is 543 g/mol. The fourth-order valence-electron chi connectivity index (χ4n) is 5.26. The maximum Gasteiger partial charge on any atom is 0.255 e. The molecule has 1 amide bonds. The van der Waals surface area contributed by atoms with Crippen LogP contribution in [0.25, 0.3) is 0 Å². The standard InChI is InChI=1S/C31H41N7O2/c1-3-5-25-24(19-32)11-12-27(26(25)6-4-2)37-31(40)23-9-7-22(8-10-23)20-38(21-29-33-14-15-34-29)28(13-18-39)30-35-16-17-36-30/h7-12,14-17,28,39H,3-6,13,18-21,32H2,1-2H3,(H,33,34)(H,35,36)(H,37,40). The molecular weight excluding hydrogens is 502 g/mol. The fourth-order valence-corrected chi connectivity index (χ4v) is 5.26. The van der Waals surface area contributed by atoms with E-state index in [9.17, 15) is 9.90 Å². The van der Waals surface area contributed by atoms with Gasteiger partial charge in [-0.15, -0.1) is 0 Å². The van der Waals surface area contributed by atoms with Gasteiger partial charge in [-0.1, -0.05) is 44.9 Å². The molecule has 0 aliphatic rings. The first-order valence-corrected chi connectivity index (χ1v) is 14.1. The van der Waals surface area contributed by atoms with Crippen LogP contribution in [0.1, 0.15) is 83.4 Å². The molecule has 212 valence electrons. The van der Waals surface area contributed by atoms with Crippen LogP contribution in [0.2, 0.25) is 0 Å². The highest BCUT2D eigenvalue weighted by molar-refractivity contribution is 6.04. The predicted molar refractivity (Wildman–Crippen MR) is 158 cm³/mol. The molecule has 0 fully saturated rings. The largest absolute Gasteiger partial charge is 0.396 e. The number of carbonyl (C=O) groups is 1. The van der Waals surface area contributed by atoms with Crippen molar-refractivity contribution in [3.8, 4) is 0 Å². The molecule has 9 heteroatoms. The number of nitrogens with one attached hydrogen (secondary N) is 3. The highest BCUT2D eigenvalue weighted by Gasteiger charge is 2.24. The van der Waals surface area contributed by atoms with Crippen molar-refractivity contribution in [1.29, 1.82) is 0 Å². The fraction of sp³-hybridized carbons (Fsp3) is 0.387. The van der Waals surface area contributed by atoms with Gasteiger partial charge in [-0.2, -0.15) is 0 Å². The Kier molecular flexibility index (Phi) is 10.6. The van der Waals surface area contributed by atoms with Gasteiger partial charge in [0.15, 0.2) is 0 Å². The van der Waals surface area contributed by atoms with Crippen LogP contribution in [0.5, 0.6) is 0 Å². The first kappa shape index (κ1) is 29.2. The van der Waals surface area contributed by atoms with Crippen LogP contribution in [-0.4, -0.2) is 42.5 Å². The maximum absolute atomic E-state index is 13.3. The van der Waals surface area contributed by atoms with Crippen molar-refractivity contribution in [3.05, 3.63) is 101 Å². The summed E-state index contributed by atoms with van der Waals surface area (Å²) < 4.78 is 0. The summed E-state index contributed by atoms with van der Waals surface area (Å²) in [4.78, 5) is 30.7. The first-order chi connectivity index (χ1) is 19.6. The lowest BCUT2D eigenvalue weighted by molar-refractivity contribution is 0.102. The lowest BCUT2D eigenvalue weighted by Crippen LogP contribution is -2.30. The average Bonchev–Trinajstić information content (AvgIpc) is 3.69. The van der Waals surface area contributed by atoms with Crippen molar-refractivity contribution in [2.24, 2.45) is 5.73 Å². The highest BCUT2D eigenvalue weighted by Crippen LogP contribution is 2.28. The van der Waals surface area contributed by atoms with Crippen molar-refractivity contribution in [3.63, 3.8) is 0 Å². The van der Waals surface area contributed by atoms with Gasteiger partial charge in [0.1, 0.15) is 11.6 Å². The normalized spacial score (nSPS) is 12.1. The molecule has 4 aromatic rings. The summed E-state index contributed by atoms with van der Waals surface area (Å²) >= 11 is 0. The van der Waals surface area contributed by atoms with Crippen molar-refractivity contribution in [2.45, 2.75) is 71.6 Å². The van der Waals surface area contributed by atoms with Gasteiger partial charge in [0.2, 0.25) is 0 Å². The molecule has 2 aromatic carbocycles. The number of aromatic nitrogens is 4. The Morgan fingerprint density at radius 3 is 2.33 bits per heavy atom. The lowest BCUT2D eigenvalue weighted by Gasteiger charge is -2.29. The summed E-state index contributed by atoms with van der Waals surface area (Å²) in [6.07, 6.45) is 11.4. The Morgan fingerprint density at radius 1 is 0.975 bits per heavy atom. The van der Waals surface area contributed by atoms with Gasteiger partial charge in [0.05, 0.1) is 12.6 Å². The van der Waals surface area contributed by atoms with E-state index in [1.165, 1.54) is 11.1 Å². The van der Waals surface area contributed by atoms with E-state index in [0.717, 1.165) is 54.1 Å². The molecule has 0 saturated carbocycles. The van der Waals surface area contributed by atoms with Gasteiger partial charge >= 0.3 is 0 Å². The molecular formula is C31H41N7O2. The SMILES string of the molecule is CCCc1c(CN)ccc(NC(=O)c2ccc(CN(Cc3ncc[nH]3)C(CCO)c3ncc[nH]3)cc2)c1CCC. The second-order valence-corrected chi connectivity index (χ2v) is 10.0. The molecule has 2 aromatic heterocycles. The summed E-state index contributed by atoms with van der Waals surface area (Å²) in [6, 6.07) is 11.6. The number of nitrogens with two attached hydrogens (primary N) is 1. The third-order valence-electron chi connectivity index (χ3n) is 7.18. The third-order valence-corrected chi connectivity index (χ3v) is 7.18. The molecule has 9 nitrogen and oxygen atoms in total. The summed E-state index contributed by atoms with van der Waals surface area (Å²) in [5, 5.41) is 12.9. The van der Waals surface area contributed by atoms with E-state index in [1.54, 1.807) is 24.8 Å². The zero-order valence-electron chi connectivity index (χ0n) is 23.5. The summed E-state index contributed by atoms with van der Waals surface area (Å²) in [5.41, 5.74) is 12.1. The van der Waals surface area contributed by atoms with Crippen LogP contribution in [-0.2, 0) is 32.5 Å². The van der Waals surface area contributed by atoms with Crippen molar-refractivity contribution < 1.29 is 9.90 Å². The van der Waals surface area contributed by atoms with Crippen LogP contribution in [0, 0.1) is 0 Å². The molecule has 0 spiro atoms. The first-order valence-electron chi connectivity index (χ1n) is 14.1. The molecule has 4 rings (SSSR count). The zero-order chi connectivity index (χ0) is 28.3. The van der Waals surface area contributed by atoms with Gasteiger partial charge in [-0.05, 0) is 59.7 Å². The number of carbonyl (C=O) groups excluding carboxylic acids is 1. The number of imidazole rings is 2. The van der Waals surface area contributed by atoms with E-state index in [4.69, 9.17) is 5.73 Å². The zero-order valence-corrected chi connectivity index (χ0v) is 23.5. The number of amides is 1. The number of hydrogen-bond acceptors (Lipinski definition) is 6. The van der Waals surface area contributed by atoms with Crippen LogP contribution < -0.4 is 11.1 Å². The Hall–Kier alpha value is -3.79. The van der Waals surface area contributed by atoms with Crippen LogP contribution in [0.15, 0.2) is 61.2 Å². The Labute approximate surface area is 236 Å². The number of benzene rings is 2. The quantitative estimate of drug-likeness (QED) is 0.145. The number of rotatable bonds is 15. The number of H-pyrrole nitrogens is 2. The predicted octanol–water partition coefficient (Wildman–Crippen LogP) is 4.87. The molecule has 0 radical (unpaired) electrons. The van der Waals surface area contributed by atoms with Gasteiger partial charge in [-0.25, -0.2) is 9.97 Å². The molecule has 1 unspecified atom stereocenters. The van der Waals surface area contributed by atoms with Crippen molar-refractivity contribution in [1.82, 2.24) is 24.8 Å². The van der Waals surface area contributed by atoms with E-state index >= 15 is 0 Å². The highest BCUT2D eigenvalue weighted by atomic mass is 16.3. The third kappa shape index (κ3) is 7.24. The Bertz CT molecular complexity index is 1320. The molecule has 0 saturated heterocycles. The number of aliphatic hydroxyl groups excluding tert-OH is 1. The second-order valence-electron chi connectivity index (χ2n) is 10.0. The lowest BCUT2D eigenvalue weighted by atomic mass is 9.92. The van der Waals surface area contributed by atoms with E-state index < -0.39 is 0 Å².